The van der Waals surface area contributed by atoms with E-state index in [0.717, 1.165) is 27.2 Å². The first kappa shape index (κ1) is 24.6. The standard InChI is InChI=1S/C25H26F2N2O6/c26-25(27)9-11-29(13-21(25)23(31)32)22(30)15-34-12-10-28-24(33)35-14-20-18-7-3-1-5-16(18)17-6-2-4-8-19(17)20/h1-8,20-21H,9-15H2,(H,28,33)(H,31,32). The minimum absolute atomic E-state index is 0.00228. The van der Waals surface area contributed by atoms with Crippen LogP contribution in [0.25, 0.3) is 11.1 Å². The van der Waals surface area contributed by atoms with Gasteiger partial charge < -0.3 is 24.8 Å². The van der Waals surface area contributed by atoms with Gasteiger partial charge in [-0.05, 0) is 22.3 Å². The third-order valence-electron chi connectivity index (χ3n) is 6.36. The van der Waals surface area contributed by atoms with Crippen molar-refractivity contribution in [2.24, 2.45) is 5.92 Å². The zero-order valence-electron chi connectivity index (χ0n) is 18.9. The monoisotopic (exact) mass is 488 g/mol. The van der Waals surface area contributed by atoms with Gasteiger partial charge in [-0.1, -0.05) is 48.5 Å². The van der Waals surface area contributed by atoms with E-state index in [1.807, 2.05) is 48.5 Å². The number of fused-ring (bicyclic) bond motifs is 3. The summed E-state index contributed by atoms with van der Waals surface area (Å²) in [6.07, 6.45) is -1.33. The Bertz CT molecular complexity index is 1060. The number of benzene rings is 2. The van der Waals surface area contributed by atoms with Crippen LogP contribution in [0.15, 0.2) is 48.5 Å². The summed E-state index contributed by atoms with van der Waals surface area (Å²) in [4.78, 5) is 36.4. The number of ether oxygens (including phenoxy) is 2. The smallest absolute Gasteiger partial charge is 0.407 e. The maximum atomic E-state index is 13.7. The number of hydrogen-bond donors (Lipinski definition) is 2. The van der Waals surface area contributed by atoms with Crippen molar-refractivity contribution in [3.05, 3.63) is 59.7 Å². The van der Waals surface area contributed by atoms with Crippen LogP contribution in [0.5, 0.6) is 0 Å². The molecule has 1 unspecified atom stereocenters. The van der Waals surface area contributed by atoms with E-state index in [1.165, 1.54) is 0 Å². The minimum atomic E-state index is -3.35. The average Bonchev–Trinajstić information content (AvgIpc) is 3.15. The first-order valence-corrected chi connectivity index (χ1v) is 11.3. The fraction of sp³-hybridized carbons (Fsp3) is 0.400. The number of carboxylic acids is 1. The molecule has 1 fully saturated rings. The van der Waals surface area contributed by atoms with Gasteiger partial charge in [-0.3, -0.25) is 9.59 Å². The molecule has 2 N–H and O–H groups in total. The van der Waals surface area contributed by atoms with Crippen LogP contribution >= 0.6 is 0 Å². The lowest BCUT2D eigenvalue weighted by molar-refractivity contribution is -0.170. The summed E-state index contributed by atoms with van der Waals surface area (Å²) < 4.78 is 38.0. The SMILES string of the molecule is O=C(NCCOCC(=O)N1CCC(F)(F)C(C(=O)O)C1)OCC1c2ccccc2-c2ccccc21. The molecule has 10 heteroatoms. The van der Waals surface area contributed by atoms with E-state index in [4.69, 9.17) is 14.6 Å². The molecule has 4 rings (SSSR count). The highest BCUT2D eigenvalue weighted by atomic mass is 19.3. The zero-order chi connectivity index (χ0) is 25.0. The number of likely N-dealkylation sites (tertiary alicyclic amines) is 1. The number of nitrogens with one attached hydrogen (secondary N) is 1. The second kappa shape index (κ2) is 10.4. The summed E-state index contributed by atoms with van der Waals surface area (Å²) in [6, 6.07) is 16.0. The van der Waals surface area contributed by atoms with E-state index in [9.17, 15) is 23.2 Å². The second-order valence-electron chi connectivity index (χ2n) is 8.55. The van der Waals surface area contributed by atoms with Gasteiger partial charge >= 0.3 is 12.1 Å². The molecule has 0 radical (unpaired) electrons. The van der Waals surface area contributed by atoms with Crippen molar-refractivity contribution in [3.63, 3.8) is 0 Å². The van der Waals surface area contributed by atoms with Crippen LogP contribution in [0.1, 0.15) is 23.5 Å². The van der Waals surface area contributed by atoms with Crippen LogP contribution in [0.4, 0.5) is 13.6 Å². The van der Waals surface area contributed by atoms with Gasteiger partial charge in [-0.25, -0.2) is 13.6 Å². The molecule has 2 aromatic carbocycles. The molecule has 35 heavy (non-hydrogen) atoms. The summed E-state index contributed by atoms with van der Waals surface area (Å²) in [7, 11) is 0. The van der Waals surface area contributed by atoms with Crippen molar-refractivity contribution >= 4 is 18.0 Å². The Morgan fingerprint density at radius 1 is 1.06 bits per heavy atom. The lowest BCUT2D eigenvalue weighted by Crippen LogP contribution is -2.52. The van der Waals surface area contributed by atoms with Crippen LogP contribution in [-0.2, 0) is 19.1 Å². The first-order chi connectivity index (χ1) is 16.8. The molecule has 0 bridgehead atoms. The van der Waals surface area contributed by atoms with E-state index in [0.29, 0.717) is 0 Å². The van der Waals surface area contributed by atoms with Gasteiger partial charge in [0.2, 0.25) is 5.91 Å². The van der Waals surface area contributed by atoms with Gasteiger partial charge in [-0.15, -0.1) is 0 Å². The Morgan fingerprint density at radius 3 is 2.31 bits per heavy atom. The van der Waals surface area contributed by atoms with Crippen molar-refractivity contribution in [1.29, 1.82) is 0 Å². The number of nitrogens with zero attached hydrogens (tertiary/aromatic N) is 1. The molecule has 2 aliphatic rings. The summed E-state index contributed by atoms with van der Waals surface area (Å²) in [5.41, 5.74) is 4.46. The molecule has 186 valence electrons. The first-order valence-electron chi connectivity index (χ1n) is 11.3. The Labute approximate surface area is 200 Å². The number of alkyl carbamates (subject to hydrolysis) is 1. The Balaban J connectivity index is 1.17. The normalized spacial score (nSPS) is 18.5. The van der Waals surface area contributed by atoms with Gasteiger partial charge in [0, 0.05) is 32.0 Å². The molecule has 1 aliphatic carbocycles. The lowest BCUT2D eigenvalue weighted by atomic mass is 9.93. The molecule has 0 spiro atoms. The molecule has 8 nitrogen and oxygen atoms in total. The second-order valence-corrected chi connectivity index (χ2v) is 8.55. The molecule has 1 aliphatic heterocycles. The molecule has 0 saturated carbocycles. The number of amides is 2. The Hall–Kier alpha value is -3.53. The van der Waals surface area contributed by atoms with Gasteiger partial charge in [-0.2, -0.15) is 0 Å². The average molecular weight is 488 g/mol. The quantitative estimate of drug-likeness (QED) is 0.554. The van der Waals surface area contributed by atoms with Crippen molar-refractivity contribution in [2.75, 3.05) is 39.5 Å². The van der Waals surface area contributed by atoms with Crippen LogP contribution in [0, 0.1) is 5.92 Å². The molecule has 2 amide bonds. The topological polar surface area (TPSA) is 105 Å². The largest absolute Gasteiger partial charge is 0.481 e. The zero-order valence-corrected chi connectivity index (χ0v) is 18.9. The number of halogens is 2. The maximum absolute atomic E-state index is 13.7. The number of carbonyl (C=O) groups is 3. The molecular weight excluding hydrogens is 462 g/mol. The highest BCUT2D eigenvalue weighted by Crippen LogP contribution is 2.44. The van der Waals surface area contributed by atoms with E-state index in [1.54, 1.807) is 0 Å². The third-order valence-corrected chi connectivity index (χ3v) is 6.36. The number of carbonyl (C=O) groups excluding carboxylic acids is 2. The number of carboxylic acid groups (broad SMARTS) is 1. The fourth-order valence-electron chi connectivity index (χ4n) is 4.51. The van der Waals surface area contributed by atoms with Crippen LogP contribution in [-0.4, -0.2) is 73.4 Å². The summed E-state index contributed by atoms with van der Waals surface area (Å²) in [5, 5.41) is 11.5. The van der Waals surface area contributed by atoms with Gasteiger partial charge in [0.25, 0.3) is 5.92 Å². The van der Waals surface area contributed by atoms with Crippen molar-refractivity contribution in [2.45, 2.75) is 18.3 Å². The lowest BCUT2D eigenvalue weighted by Gasteiger charge is -2.36. The van der Waals surface area contributed by atoms with Crippen molar-refractivity contribution in [1.82, 2.24) is 10.2 Å². The number of alkyl halides is 2. The molecule has 0 aromatic heterocycles. The number of rotatable bonds is 8. The third kappa shape index (κ3) is 5.43. The summed E-state index contributed by atoms with van der Waals surface area (Å²) in [5.74, 6) is -7.56. The molecular formula is C25H26F2N2O6. The van der Waals surface area contributed by atoms with Crippen LogP contribution in [0.3, 0.4) is 0 Å². The molecule has 2 aromatic rings. The van der Waals surface area contributed by atoms with Crippen LogP contribution in [0.2, 0.25) is 0 Å². The molecule has 1 heterocycles. The number of piperidine rings is 1. The Kier molecular flexibility index (Phi) is 7.30. The number of hydrogen-bond acceptors (Lipinski definition) is 5. The summed E-state index contributed by atoms with van der Waals surface area (Å²) in [6.45, 7) is -0.949. The molecule has 1 saturated heterocycles. The Morgan fingerprint density at radius 2 is 1.69 bits per heavy atom. The van der Waals surface area contributed by atoms with Crippen molar-refractivity contribution in [3.8, 4) is 11.1 Å². The summed E-state index contributed by atoms with van der Waals surface area (Å²) >= 11 is 0. The minimum Gasteiger partial charge on any atom is -0.481 e. The number of aliphatic carboxylic acids is 1. The van der Waals surface area contributed by atoms with Gasteiger partial charge in [0.15, 0.2) is 0 Å². The van der Waals surface area contributed by atoms with Crippen molar-refractivity contribution < 1.29 is 37.7 Å². The highest BCUT2D eigenvalue weighted by molar-refractivity contribution is 5.80. The highest BCUT2D eigenvalue weighted by Gasteiger charge is 2.49. The van der Waals surface area contributed by atoms with Gasteiger partial charge in [0.1, 0.15) is 19.1 Å². The predicted molar refractivity (Wildman–Crippen MR) is 121 cm³/mol. The van der Waals surface area contributed by atoms with Crippen LogP contribution < -0.4 is 5.32 Å². The van der Waals surface area contributed by atoms with E-state index < -0.39 is 49.4 Å². The van der Waals surface area contributed by atoms with E-state index in [2.05, 4.69) is 5.32 Å². The van der Waals surface area contributed by atoms with Gasteiger partial charge in [0.05, 0.1) is 6.61 Å². The maximum Gasteiger partial charge on any atom is 0.407 e. The van der Waals surface area contributed by atoms with E-state index >= 15 is 0 Å². The molecule has 1 atom stereocenters. The predicted octanol–water partition coefficient (Wildman–Crippen LogP) is 3.11. The fourth-order valence-corrected chi connectivity index (χ4v) is 4.51. The van der Waals surface area contributed by atoms with E-state index in [-0.39, 0.29) is 32.2 Å².